The minimum Gasteiger partial charge on any atom is -0.384 e. The Morgan fingerprint density at radius 3 is 2.65 bits per heavy atom. The standard InChI is InChI=1S/C23H16F2N4O2/c24-12-8-9-16-13(10-12)23(22(31)28-16)14(11-26)21(27)29(17-5-2-1-4-15(17)25)18-6-3-7-19(30)20(18)23/h1-2,4-5,8-10H,3,6-7,27H2,(H,28,31). The molecule has 2 aliphatic heterocycles. The summed E-state index contributed by atoms with van der Waals surface area (Å²) in [5, 5.41) is 12.8. The van der Waals surface area contributed by atoms with Crippen molar-refractivity contribution in [1.29, 1.82) is 5.26 Å². The SMILES string of the molecule is N#CC1=C(N)N(c2ccccc2F)C2=C(C(=O)CCC2)C12C(=O)Nc1ccc(F)cc12. The summed E-state index contributed by atoms with van der Waals surface area (Å²) in [6, 6.07) is 11.5. The van der Waals surface area contributed by atoms with Crippen LogP contribution in [0.2, 0.25) is 0 Å². The van der Waals surface area contributed by atoms with Crippen LogP contribution in [0.15, 0.2) is 65.1 Å². The lowest BCUT2D eigenvalue weighted by Gasteiger charge is -2.43. The van der Waals surface area contributed by atoms with Crippen LogP contribution < -0.4 is 16.0 Å². The van der Waals surface area contributed by atoms with Gasteiger partial charge >= 0.3 is 0 Å². The van der Waals surface area contributed by atoms with Gasteiger partial charge in [-0.15, -0.1) is 0 Å². The molecule has 0 aromatic heterocycles. The number of hydrogen-bond donors (Lipinski definition) is 2. The lowest BCUT2D eigenvalue weighted by Crippen LogP contribution is -2.51. The quantitative estimate of drug-likeness (QED) is 0.740. The van der Waals surface area contributed by atoms with E-state index in [4.69, 9.17) is 5.73 Å². The van der Waals surface area contributed by atoms with Crippen LogP contribution in [0.25, 0.3) is 0 Å². The number of allylic oxidation sites excluding steroid dienone is 1. The van der Waals surface area contributed by atoms with Crippen molar-refractivity contribution in [2.24, 2.45) is 5.73 Å². The van der Waals surface area contributed by atoms with Gasteiger partial charge < -0.3 is 11.1 Å². The van der Waals surface area contributed by atoms with E-state index in [0.717, 1.165) is 6.07 Å². The van der Waals surface area contributed by atoms with Crippen LogP contribution in [-0.4, -0.2) is 11.7 Å². The van der Waals surface area contributed by atoms with Gasteiger partial charge in [0.2, 0.25) is 5.91 Å². The second-order valence-corrected chi connectivity index (χ2v) is 7.65. The first kappa shape index (κ1) is 19.0. The highest BCUT2D eigenvalue weighted by Gasteiger charge is 2.60. The highest BCUT2D eigenvalue weighted by atomic mass is 19.1. The Labute approximate surface area is 176 Å². The fourth-order valence-electron chi connectivity index (χ4n) is 4.87. The van der Waals surface area contributed by atoms with E-state index in [1.54, 1.807) is 6.07 Å². The Morgan fingerprint density at radius 2 is 1.90 bits per heavy atom. The predicted molar refractivity (Wildman–Crippen MR) is 108 cm³/mol. The number of carbonyl (C=O) groups is 2. The number of anilines is 2. The molecule has 3 N–H and O–H groups in total. The lowest BCUT2D eigenvalue weighted by molar-refractivity contribution is -0.122. The van der Waals surface area contributed by atoms with Gasteiger partial charge in [0.15, 0.2) is 5.78 Å². The minimum atomic E-state index is -1.87. The Hall–Kier alpha value is -3.99. The van der Waals surface area contributed by atoms with Gasteiger partial charge in [0, 0.05) is 28.9 Å². The van der Waals surface area contributed by atoms with Crippen molar-refractivity contribution in [3.63, 3.8) is 0 Å². The number of amides is 1. The number of nitrogens with two attached hydrogens (primary N) is 1. The van der Waals surface area contributed by atoms with Gasteiger partial charge in [-0.25, -0.2) is 8.78 Å². The van der Waals surface area contributed by atoms with E-state index in [2.05, 4.69) is 5.32 Å². The van der Waals surface area contributed by atoms with Crippen molar-refractivity contribution in [2.75, 3.05) is 10.2 Å². The number of benzene rings is 2. The Morgan fingerprint density at radius 1 is 1.13 bits per heavy atom. The number of Topliss-reactive ketones (excluding diaryl/α,β-unsaturated/α-hetero) is 1. The molecule has 3 aliphatic rings. The molecular weight excluding hydrogens is 402 g/mol. The van der Waals surface area contributed by atoms with Crippen LogP contribution in [-0.2, 0) is 15.0 Å². The fourth-order valence-corrected chi connectivity index (χ4v) is 4.87. The van der Waals surface area contributed by atoms with Gasteiger partial charge in [-0.1, -0.05) is 12.1 Å². The van der Waals surface area contributed by atoms with Crippen LogP contribution in [0.3, 0.4) is 0 Å². The van der Waals surface area contributed by atoms with Crippen molar-refractivity contribution in [1.82, 2.24) is 0 Å². The van der Waals surface area contributed by atoms with Gasteiger partial charge in [0.25, 0.3) is 0 Å². The molecule has 154 valence electrons. The summed E-state index contributed by atoms with van der Waals surface area (Å²) in [6.07, 6.45) is 0.974. The summed E-state index contributed by atoms with van der Waals surface area (Å²) in [5.41, 5.74) is 5.23. The molecule has 6 nitrogen and oxygen atoms in total. The lowest BCUT2D eigenvalue weighted by atomic mass is 9.64. The summed E-state index contributed by atoms with van der Waals surface area (Å²) in [4.78, 5) is 28.0. The van der Waals surface area contributed by atoms with Crippen LogP contribution in [0.5, 0.6) is 0 Å². The number of nitrogens with one attached hydrogen (secondary N) is 1. The summed E-state index contributed by atoms with van der Waals surface area (Å²) in [6.45, 7) is 0. The number of nitrogens with zero attached hydrogens (tertiary/aromatic N) is 2. The molecule has 8 heteroatoms. The number of fused-ring (bicyclic) bond motifs is 3. The highest BCUT2D eigenvalue weighted by Crippen LogP contribution is 2.55. The zero-order chi connectivity index (χ0) is 21.9. The number of carbonyl (C=O) groups excluding carboxylic acids is 2. The normalized spacial score (nSPS) is 22.4. The van der Waals surface area contributed by atoms with Gasteiger partial charge in [-0.2, -0.15) is 5.26 Å². The smallest absolute Gasteiger partial charge is 0.245 e. The number of ketones is 1. The van der Waals surface area contributed by atoms with Crippen molar-refractivity contribution in [3.8, 4) is 6.07 Å². The third-order valence-corrected chi connectivity index (χ3v) is 6.08. The second kappa shape index (κ2) is 6.51. The first-order valence-electron chi connectivity index (χ1n) is 9.74. The maximum absolute atomic E-state index is 14.7. The summed E-state index contributed by atoms with van der Waals surface area (Å²) < 4.78 is 29.0. The minimum absolute atomic E-state index is 0.0506. The number of nitriles is 1. The molecule has 31 heavy (non-hydrogen) atoms. The van der Waals surface area contributed by atoms with E-state index in [1.165, 1.54) is 35.2 Å². The van der Waals surface area contributed by atoms with Gasteiger partial charge in [-0.05, 0) is 43.2 Å². The van der Waals surface area contributed by atoms with E-state index >= 15 is 0 Å². The number of para-hydroxylation sites is 1. The van der Waals surface area contributed by atoms with Gasteiger partial charge in [0.1, 0.15) is 28.9 Å². The molecule has 1 unspecified atom stereocenters. The van der Waals surface area contributed by atoms with E-state index in [0.29, 0.717) is 24.2 Å². The average molecular weight is 418 g/mol. The zero-order valence-corrected chi connectivity index (χ0v) is 16.2. The molecule has 0 bridgehead atoms. The van der Waals surface area contributed by atoms with E-state index in [9.17, 15) is 23.6 Å². The van der Waals surface area contributed by atoms with E-state index in [-0.39, 0.29) is 40.4 Å². The Balaban J connectivity index is 1.91. The maximum atomic E-state index is 14.7. The molecular formula is C23H16F2N4O2. The monoisotopic (exact) mass is 418 g/mol. The fraction of sp³-hybridized carbons (Fsp3) is 0.174. The first-order chi connectivity index (χ1) is 14.9. The van der Waals surface area contributed by atoms with E-state index < -0.39 is 23.0 Å². The topological polar surface area (TPSA) is 99.2 Å². The van der Waals surface area contributed by atoms with E-state index in [1.807, 2.05) is 6.07 Å². The highest BCUT2D eigenvalue weighted by molar-refractivity contribution is 6.19. The third kappa shape index (κ3) is 2.34. The largest absolute Gasteiger partial charge is 0.384 e. The first-order valence-corrected chi connectivity index (χ1v) is 9.74. The average Bonchev–Trinajstić information content (AvgIpc) is 3.01. The summed E-state index contributed by atoms with van der Waals surface area (Å²) in [5.74, 6) is -2.37. The Kier molecular flexibility index (Phi) is 3.99. The van der Waals surface area contributed by atoms with Crippen molar-refractivity contribution >= 4 is 23.1 Å². The van der Waals surface area contributed by atoms with Crippen LogP contribution >= 0.6 is 0 Å². The van der Waals surface area contributed by atoms with Gasteiger partial charge in [-0.3, -0.25) is 14.5 Å². The molecule has 0 fully saturated rings. The van der Waals surface area contributed by atoms with Crippen molar-refractivity contribution in [3.05, 3.63) is 82.3 Å². The molecule has 2 aromatic carbocycles. The number of hydrogen-bond acceptors (Lipinski definition) is 5. The molecule has 1 amide bonds. The molecule has 0 saturated heterocycles. The molecule has 0 saturated carbocycles. The predicted octanol–water partition coefficient (Wildman–Crippen LogP) is 3.38. The summed E-state index contributed by atoms with van der Waals surface area (Å²) in [7, 11) is 0. The third-order valence-electron chi connectivity index (χ3n) is 6.08. The zero-order valence-electron chi connectivity index (χ0n) is 16.2. The molecule has 2 heterocycles. The van der Waals surface area contributed by atoms with Crippen molar-refractivity contribution in [2.45, 2.75) is 24.7 Å². The molecule has 1 atom stereocenters. The Bertz CT molecular complexity index is 1290. The van der Waals surface area contributed by atoms with Crippen LogP contribution in [0.1, 0.15) is 24.8 Å². The number of rotatable bonds is 1. The second-order valence-electron chi connectivity index (χ2n) is 7.65. The van der Waals surface area contributed by atoms with Crippen LogP contribution in [0, 0.1) is 23.0 Å². The molecule has 1 spiro atoms. The molecule has 0 radical (unpaired) electrons. The van der Waals surface area contributed by atoms with Gasteiger partial charge in [0.05, 0.1) is 11.3 Å². The molecule has 1 aliphatic carbocycles. The maximum Gasteiger partial charge on any atom is 0.245 e. The van der Waals surface area contributed by atoms with Crippen molar-refractivity contribution < 1.29 is 18.4 Å². The summed E-state index contributed by atoms with van der Waals surface area (Å²) >= 11 is 0. The van der Waals surface area contributed by atoms with Crippen LogP contribution in [0.4, 0.5) is 20.2 Å². The molecule has 2 aromatic rings. The number of halogens is 2. The molecule has 5 rings (SSSR count).